The first-order valence-corrected chi connectivity index (χ1v) is 17.8. The molecule has 252 valence electrons. The van der Waals surface area contributed by atoms with Gasteiger partial charge in [-0.1, -0.05) is 51.1 Å². The molecule has 7 nitrogen and oxygen atoms in total. The Morgan fingerprint density at radius 3 is 2.38 bits per heavy atom. The Balaban J connectivity index is 1.07. The Bertz CT molecular complexity index is 1090. The molecule has 0 N–H and O–H groups in total. The molecule has 4 aliphatic rings. The number of methoxy groups -OCH3 is 1. The zero-order chi connectivity index (χ0) is 31.9. The van der Waals surface area contributed by atoms with E-state index >= 15 is 0 Å². The van der Waals surface area contributed by atoms with Gasteiger partial charge >= 0.3 is 11.9 Å². The lowest BCUT2D eigenvalue weighted by atomic mass is 9.44. The van der Waals surface area contributed by atoms with E-state index in [0.29, 0.717) is 68.0 Å². The number of fused-ring (bicyclic) bond motifs is 5. The highest BCUT2D eigenvalue weighted by Gasteiger charge is 2.60. The van der Waals surface area contributed by atoms with E-state index in [-0.39, 0.29) is 24.6 Å². The third-order valence-corrected chi connectivity index (χ3v) is 12.7. The molecule has 5 rings (SSSR count). The van der Waals surface area contributed by atoms with E-state index < -0.39 is 0 Å². The number of rotatable bonds is 15. The Kier molecular flexibility index (Phi) is 12.0. The highest BCUT2D eigenvalue weighted by molar-refractivity contribution is 5.71. The lowest BCUT2D eigenvalue weighted by molar-refractivity contribution is -0.167. The molecule has 0 heterocycles. The minimum atomic E-state index is -0.252. The third-order valence-electron chi connectivity index (χ3n) is 12.7. The highest BCUT2D eigenvalue weighted by atomic mass is 16.6. The normalized spacial score (nSPS) is 34.7. The van der Waals surface area contributed by atoms with Crippen LogP contribution in [0.1, 0.15) is 97.0 Å². The van der Waals surface area contributed by atoms with Crippen LogP contribution in [0.4, 0.5) is 0 Å². The Morgan fingerprint density at radius 1 is 0.844 bits per heavy atom. The first-order valence-electron chi connectivity index (χ1n) is 17.8. The first-order chi connectivity index (χ1) is 21.7. The molecule has 0 aliphatic heterocycles. The van der Waals surface area contributed by atoms with Crippen LogP contribution in [-0.4, -0.2) is 58.2 Å². The summed E-state index contributed by atoms with van der Waals surface area (Å²) in [6, 6.07) is 9.95. The summed E-state index contributed by atoms with van der Waals surface area (Å²) in [6.07, 6.45) is 12.4. The van der Waals surface area contributed by atoms with Crippen molar-refractivity contribution in [1.29, 1.82) is 0 Å². The van der Waals surface area contributed by atoms with E-state index in [0.717, 1.165) is 49.0 Å². The van der Waals surface area contributed by atoms with Crippen LogP contribution in [0.2, 0.25) is 0 Å². The fourth-order valence-corrected chi connectivity index (χ4v) is 10.4. The molecule has 1 aromatic rings. The van der Waals surface area contributed by atoms with Crippen molar-refractivity contribution in [3.8, 4) is 0 Å². The summed E-state index contributed by atoms with van der Waals surface area (Å²) in [4.78, 5) is 25.1. The highest BCUT2D eigenvalue weighted by Crippen LogP contribution is 2.68. The minimum absolute atomic E-state index is 0.00844. The van der Waals surface area contributed by atoms with Crippen LogP contribution >= 0.6 is 0 Å². The SMILES string of the molecule is COCCOCCOCC(=O)O[C@H]1CCC2(C)[C@H](CC[C@@H]3[C@@H]2CC[C@]2(C)[C@@H]([C@H](C)CCC(=O)OCc4ccccc4)CC[C@@H]32)C1. The molecule has 1 unspecified atom stereocenters. The van der Waals surface area contributed by atoms with Gasteiger partial charge in [0.1, 0.15) is 19.3 Å². The second-order valence-electron chi connectivity index (χ2n) is 15.1. The number of hydrogen-bond acceptors (Lipinski definition) is 7. The van der Waals surface area contributed by atoms with Crippen LogP contribution in [0.15, 0.2) is 30.3 Å². The molecule has 9 atom stereocenters. The second kappa shape index (κ2) is 15.8. The van der Waals surface area contributed by atoms with Crippen molar-refractivity contribution in [1.82, 2.24) is 0 Å². The number of hydrogen-bond donors (Lipinski definition) is 0. The van der Waals surface area contributed by atoms with Gasteiger partial charge in [-0.3, -0.25) is 4.79 Å². The van der Waals surface area contributed by atoms with Crippen LogP contribution in [0.25, 0.3) is 0 Å². The minimum Gasteiger partial charge on any atom is -0.461 e. The predicted molar refractivity (Wildman–Crippen MR) is 173 cm³/mol. The van der Waals surface area contributed by atoms with E-state index in [1.54, 1.807) is 7.11 Å². The molecule has 0 aromatic heterocycles. The monoisotopic (exact) mass is 626 g/mol. The lowest BCUT2D eigenvalue weighted by Gasteiger charge is -2.61. The lowest BCUT2D eigenvalue weighted by Crippen LogP contribution is -2.54. The van der Waals surface area contributed by atoms with Gasteiger partial charge < -0.3 is 23.7 Å². The summed E-state index contributed by atoms with van der Waals surface area (Å²) in [7, 11) is 1.64. The van der Waals surface area contributed by atoms with Crippen molar-refractivity contribution < 1.29 is 33.3 Å². The predicted octanol–water partition coefficient (Wildman–Crippen LogP) is 7.40. The molecule has 45 heavy (non-hydrogen) atoms. The van der Waals surface area contributed by atoms with E-state index in [1.807, 2.05) is 30.3 Å². The van der Waals surface area contributed by atoms with Gasteiger partial charge in [0.15, 0.2) is 0 Å². The summed E-state index contributed by atoms with van der Waals surface area (Å²) < 4.78 is 27.3. The van der Waals surface area contributed by atoms with E-state index in [4.69, 9.17) is 23.7 Å². The van der Waals surface area contributed by atoms with Gasteiger partial charge in [-0.15, -0.1) is 0 Å². The van der Waals surface area contributed by atoms with Crippen LogP contribution in [-0.2, 0) is 39.9 Å². The Hall–Kier alpha value is -1.96. The topological polar surface area (TPSA) is 80.3 Å². The van der Waals surface area contributed by atoms with Gasteiger partial charge in [-0.2, -0.15) is 0 Å². The second-order valence-corrected chi connectivity index (χ2v) is 15.1. The van der Waals surface area contributed by atoms with Crippen molar-refractivity contribution in [2.45, 2.75) is 104 Å². The number of benzene rings is 1. The van der Waals surface area contributed by atoms with Gasteiger partial charge in [-0.05, 0) is 116 Å². The zero-order valence-electron chi connectivity index (χ0n) is 28.3. The van der Waals surface area contributed by atoms with Gasteiger partial charge in [0.25, 0.3) is 0 Å². The van der Waals surface area contributed by atoms with Crippen molar-refractivity contribution in [3.05, 3.63) is 35.9 Å². The largest absolute Gasteiger partial charge is 0.461 e. The zero-order valence-corrected chi connectivity index (χ0v) is 28.3. The molecular formula is C38H58O7. The summed E-state index contributed by atoms with van der Waals surface area (Å²) >= 11 is 0. The summed E-state index contributed by atoms with van der Waals surface area (Å²) in [6.45, 7) is 9.82. The van der Waals surface area contributed by atoms with E-state index in [9.17, 15) is 9.59 Å². The average Bonchev–Trinajstić information content (AvgIpc) is 3.40. The number of carbonyl (C=O) groups is 2. The number of esters is 2. The first kappa shape index (κ1) is 34.4. The molecule has 0 radical (unpaired) electrons. The molecule has 7 heteroatoms. The fraction of sp³-hybridized carbons (Fsp3) is 0.789. The number of carbonyl (C=O) groups excluding carboxylic acids is 2. The summed E-state index contributed by atoms with van der Waals surface area (Å²) in [5, 5.41) is 0. The van der Waals surface area contributed by atoms with Crippen molar-refractivity contribution >= 4 is 11.9 Å². The van der Waals surface area contributed by atoms with Crippen LogP contribution < -0.4 is 0 Å². The van der Waals surface area contributed by atoms with Crippen molar-refractivity contribution in [3.63, 3.8) is 0 Å². The molecule has 4 aliphatic carbocycles. The molecule has 0 saturated heterocycles. The van der Waals surface area contributed by atoms with Crippen LogP contribution in [0.3, 0.4) is 0 Å². The molecule has 4 saturated carbocycles. The average molecular weight is 627 g/mol. The quantitative estimate of drug-likeness (QED) is 0.148. The molecule has 0 bridgehead atoms. The Morgan fingerprint density at radius 2 is 1.58 bits per heavy atom. The summed E-state index contributed by atoms with van der Waals surface area (Å²) in [5.41, 5.74) is 1.76. The maximum absolute atomic E-state index is 12.6. The molecule has 1 aromatic carbocycles. The van der Waals surface area contributed by atoms with Crippen LogP contribution in [0.5, 0.6) is 0 Å². The summed E-state index contributed by atoms with van der Waals surface area (Å²) in [5.74, 6) is 3.89. The molecule has 4 fully saturated rings. The number of ether oxygens (including phenoxy) is 5. The van der Waals surface area contributed by atoms with Crippen LogP contribution in [0, 0.1) is 46.3 Å². The maximum Gasteiger partial charge on any atom is 0.332 e. The van der Waals surface area contributed by atoms with Gasteiger partial charge in [-0.25, -0.2) is 4.79 Å². The van der Waals surface area contributed by atoms with Gasteiger partial charge in [0.2, 0.25) is 0 Å². The van der Waals surface area contributed by atoms with E-state index in [2.05, 4.69) is 20.8 Å². The Labute approximate surface area is 271 Å². The maximum atomic E-state index is 12.6. The smallest absolute Gasteiger partial charge is 0.332 e. The third kappa shape index (κ3) is 8.13. The standard InChI is InChI=1S/C38H58O7/c1-27(10-15-35(39)44-25-28-8-6-5-7-9-28)32-13-14-33-31-12-11-29-24-30(45-36(40)26-43-23-22-42-21-20-41-4)16-18-37(29,2)34(31)17-19-38(32,33)3/h5-9,27,29-34H,10-26H2,1-4H3/t27-,29-,30+,31+,32-,33+,34+,37?,38-/m1/s1. The molecule has 0 amide bonds. The van der Waals surface area contributed by atoms with Crippen molar-refractivity contribution in [2.24, 2.45) is 46.3 Å². The van der Waals surface area contributed by atoms with Gasteiger partial charge in [0.05, 0.1) is 26.4 Å². The fourth-order valence-electron chi connectivity index (χ4n) is 10.4. The molecular weight excluding hydrogens is 568 g/mol. The van der Waals surface area contributed by atoms with Crippen molar-refractivity contribution in [2.75, 3.05) is 40.1 Å². The van der Waals surface area contributed by atoms with E-state index in [1.165, 1.54) is 38.5 Å². The molecule has 0 spiro atoms. The van der Waals surface area contributed by atoms with Gasteiger partial charge in [0, 0.05) is 13.5 Å².